The van der Waals surface area contributed by atoms with Gasteiger partial charge in [0.2, 0.25) is 0 Å². The third-order valence-electron chi connectivity index (χ3n) is 2.42. The molecule has 0 fully saturated rings. The van der Waals surface area contributed by atoms with Crippen LogP contribution in [0.1, 0.15) is 5.56 Å². The van der Waals surface area contributed by atoms with E-state index in [1.54, 1.807) is 6.07 Å². The lowest BCUT2D eigenvalue weighted by atomic mass is 10.2. The first kappa shape index (κ1) is 15.1. The number of hydrogen-bond acceptors (Lipinski definition) is 3. The maximum absolute atomic E-state index is 12.3. The Hall–Kier alpha value is -0.910. The molecule has 1 aromatic carbocycles. The van der Waals surface area contributed by atoms with Crippen molar-refractivity contribution in [1.82, 2.24) is 10.2 Å². The highest BCUT2D eigenvalue weighted by Gasteiger charge is 2.11. The van der Waals surface area contributed by atoms with Crippen LogP contribution in [0, 0.1) is 0 Å². The van der Waals surface area contributed by atoms with Crippen LogP contribution in [0.4, 0.5) is 8.78 Å². The first-order valence-corrected chi connectivity index (χ1v) is 5.97. The van der Waals surface area contributed by atoms with Gasteiger partial charge in [-0.2, -0.15) is 8.78 Å². The summed E-state index contributed by atoms with van der Waals surface area (Å²) in [6.45, 7) is -0.698. The van der Waals surface area contributed by atoms with Crippen molar-refractivity contribution in [1.29, 1.82) is 0 Å². The maximum atomic E-state index is 12.3. The molecule has 0 aliphatic rings. The average Bonchev–Trinajstić information content (AvgIpc) is 2.29. The highest BCUT2D eigenvalue weighted by atomic mass is 35.5. The normalized spacial score (nSPS) is 11.3. The van der Waals surface area contributed by atoms with Crippen LogP contribution in [0.15, 0.2) is 18.2 Å². The van der Waals surface area contributed by atoms with Gasteiger partial charge in [-0.25, -0.2) is 0 Å². The van der Waals surface area contributed by atoms with Crippen LogP contribution in [-0.4, -0.2) is 38.7 Å². The van der Waals surface area contributed by atoms with Crippen LogP contribution < -0.4 is 10.1 Å². The largest absolute Gasteiger partial charge is 0.434 e. The SMILES string of the molecule is CNCCN(C)Cc1cc(Cl)ccc1OC(F)F. The van der Waals surface area contributed by atoms with Gasteiger partial charge in [0.05, 0.1) is 0 Å². The molecule has 0 heterocycles. The van der Waals surface area contributed by atoms with Crippen molar-refractivity contribution in [3.63, 3.8) is 0 Å². The standard InChI is InChI=1S/C12H17ClF2N2O/c1-16-5-6-17(2)8-9-7-10(13)3-4-11(9)18-12(14)15/h3-4,7,12,16H,5-6,8H2,1-2H3. The molecular weight excluding hydrogens is 262 g/mol. The Labute approximate surface area is 111 Å². The summed E-state index contributed by atoms with van der Waals surface area (Å²) in [4.78, 5) is 2.00. The Morgan fingerprint density at radius 3 is 2.78 bits per heavy atom. The fraction of sp³-hybridized carbons (Fsp3) is 0.500. The molecule has 6 heteroatoms. The van der Waals surface area contributed by atoms with E-state index in [9.17, 15) is 8.78 Å². The lowest BCUT2D eigenvalue weighted by Gasteiger charge is -2.18. The summed E-state index contributed by atoms with van der Waals surface area (Å²) in [5, 5.41) is 3.53. The molecule has 102 valence electrons. The molecule has 0 spiro atoms. The van der Waals surface area contributed by atoms with Crippen LogP contribution in [0.5, 0.6) is 5.75 Å². The van der Waals surface area contributed by atoms with Crippen molar-refractivity contribution in [3.05, 3.63) is 28.8 Å². The second kappa shape index (κ2) is 7.51. The van der Waals surface area contributed by atoms with Crippen molar-refractivity contribution < 1.29 is 13.5 Å². The van der Waals surface area contributed by atoms with Gasteiger partial charge >= 0.3 is 6.61 Å². The number of nitrogens with one attached hydrogen (secondary N) is 1. The second-order valence-corrected chi connectivity index (χ2v) is 4.41. The van der Waals surface area contributed by atoms with Gasteiger partial charge in [0, 0.05) is 30.2 Å². The zero-order valence-electron chi connectivity index (χ0n) is 10.4. The van der Waals surface area contributed by atoms with E-state index in [2.05, 4.69) is 10.1 Å². The number of likely N-dealkylation sites (N-methyl/N-ethyl adjacent to an activating group) is 2. The molecule has 1 aromatic rings. The minimum absolute atomic E-state index is 0.172. The molecular formula is C12H17ClF2N2O. The van der Waals surface area contributed by atoms with Crippen molar-refractivity contribution in [2.45, 2.75) is 13.2 Å². The van der Waals surface area contributed by atoms with Gasteiger partial charge in [-0.1, -0.05) is 11.6 Å². The third-order valence-corrected chi connectivity index (χ3v) is 2.66. The smallest absolute Gasteiger partial charge is 0.387 e. The molecule has 0 radical (unpaired) electrons. The summed E-state index contributed by atoms with van der Waals surface area (Å²) in [7, 11) is 3.77. The van der Waals surface area contributed by atoms with Gasteiger partial charge in [0.25, 0.3) is 0 Å². The molecule has 1 rings (SSSR count). The third kappa shape index (κ3) is 5.16. The van der Waals surface area contributed by atoms with E-state index < -0.39 is 6.61 Å². The number of halogens is 3. The predicted octanol–water partition coefficient (Wildman–Crippen LogP) is 2.59. The van der Waals surface area contributed by atoms with Crippen LogP contribution in [0.25, 0.3) is 0 Å². The zero-order chi connectivity index (χ0) is 13.5. The van der Waals surface area contributed by atoms with Gasteiger partial charge in [-0.15, -0.1) is 0 Å². The van der Waals surface area contributed by atoms with E-state index in [0.29, 0.717) is 17.1 Å². The van der Waals surface area contributed by atoms with Crippen LogP contribution in [0.2, 0.25) is 5.02 Å². The Morgan fingerprint density at radius 2 is 2.17 bits per heavy atom. The molecule has 0 bridgehead atoms. The molecule has 0 aliphatic heterocycles. The van der Waals surface area contributed by atoms with Crippen molar-refractivity contribution in [3.8, 4) is 5.75 Å². The lowest BCUT2D eigenvalue weighted by molar-refractivity contribution is -0.0507. The van der Waals surface area contributed by atoms with Gasteiger partial charge in [0.15, 0.2) is 0 Å². The quantitative estimate of drug-likeness (QED) is 0.830. The van der Waals surface area contributed by atoms with Crippen LogP contribution >= 0.6 is 11.6 Å². The first-order chi connectivity index (χ1) is 8.52. The number of benzene rings is 1. The summed E-state index contributed by atoms with van der Waals surface area (Å²) >= 11 is 5.87. The number of nitrogens with zero attached hydrogens (tertiary/aromatic N) is 1. The topological polar surface area (TPSA) is 24.5 Å². The lowest BCUT2D eigenvalue weighted by Crippen LogP contribution is -2.27. The van der Waals surface area contributed by atoms with E-state index >= 15 is 0 Å². The minimum atomic E-state index is -2.83. The van der Waals surface area contributed by atoms with Crippen LogP contribution in [-0.2, 0) is 6.54 Å². The van der Waals surface area contributed by atoms with Gasteiger partial charge in [-0.3, -0.25) is 0 Å². The molecule has 0 aliphatic carbocycles. The summed E-state index contributed by atoms with van der Waals surface area (Å²) in [6.07, 6.45) is 0. The summed E-state index contributed by atoms with van der Waals surface area (Å²) < 4.78 is 29.0. The highest BCUT2D eigenvalue weighted by Crippen LogP contribution is 2.25. The summed E-state index contributed by atoms with van der Waals surface area (Å²) in [6, 6.07) is 4.65. The molecule has 18 heavy (non-hydrogen) atoms. The predicted molar refractivity (Wildman–Crippen MR) is 68.3 cm³/mol. The molecule has 3 nitrogen and oxygen atoms in total. The maximum Gasteiger partial charge on any atom is 0.387 e. The van der Waals surface area contributed by atoms with E-state index in [-0.39, 0.29) is 5.75 Å². The Kier molecular flexibility index (Phi) is 6.32. The Balaban J connectivity index is 2.75. The first-order valence-electron chi connectivity index (χ1n) is 5.59. The van der Waals surface area contributed by atoms with E-state index in [4.69, 9.17) is 11.6 Å². The molecule has 0 amide bonds. The summed E-state index contributed by atoms with van der Waals surface area (Å²) in [5.74, 6) is 0.172. The fourth-order valence-corrected chi connectivity index (χ4v) is 1.75. The van der Waals surface area contributed by atoms with E-state index in [1.807, 2.05) is 19.0 Å². The number of alkyl halides is 2. The molecule has 0 saturated carbocycles. The van der Waals surface area contributed by atoms with Gasteiger partial charge in [0.1, 0.15) is 5.75 Å². The van der Waals surface area contributed by atoms with E-state index in [0.717, 1.165) is 13.1 Å². The van der Waals surface area contributed by atoms with Gasteiger partial charge < -0.3 is 15.0 Å². The monoisotopic (exact) mass is 278 g/mol. The molecule has 0 saturated heterocycles. The molecule has 0 aromatic heterocycles. The fourth-order valence-electron chi connectivity index (χ4n) is 1.56. The van der Waals surface area contributed by atoms with Crippen molar-refractivity contribution in [2.75, 3.05) is 27.2 Å². The number of hydrogen-bond donors (Lipinski definition) is 1. The molecule has 1 N–H and O–H groups in total. The zero-order valence-corrected chi connectivity index (χ0v) is 11.2. The second-order valence-electron chi connectivity index (χ2n) is 3.97. The minimum Gasteiger partial charge on any atom is -0.434 e. The average molecular weight is 279 g/mol. The highest BCUT2D eigenvalue weighted by molar-refractivity contribution is 6.30. The Morgan fingerprint density at radius 1 is 1.44 bits per heavy atom. The molecule has 0 unspecified atom stereocenters. The van der Waals surface area contributed by atoms with Crippen molar-refractivity contribution >= 4 is 11.6 Å². The number of rotatable bonds is 7. The van der Waals surface area contributed by atoms with E-state index in [1.165, 1.54) is 12.1 Å². The molecule has 0 atom stereocenters. The summed E-state index contributed by atoms with van der Waals surface area (Å²) in [5.41, 5.74) is 0.654. The van der Waals surface area contributed by atoms with Crippen LogP contribution in [0.3, 0.4) is 0 Å². The number of ether oxygens (including phenoxy) is 1. The Bertz CT molecular complexity index is 377. The van der Waals surface area contributed by atoms with Crippen molar-refractivity contribution in [2.24, 2.45) is 0 Å². The van der Waals surface area contributed by atoms with Gasteiger partial charge in [-0.05, 0) is 32.3 Å².